The second-order valence-corrected chi connectivity index (χ2v) is 2.32. The monoisotopic (exact) mass is 214 g/mol. The second kappa shape index (κ2) is 3.35. The van der Waals surface area contributed by atoms with E-state index in [1.165, 1.54) is 4.98 Å². The summed E-state index contributed by atoms with van der Waals surface area (Å²) >= 11 is 0. The third-order valence-corrected chi connectivity index (χ3v) is 1.25. The summed E-state index contributed by atoms with van der Waals surface area (Å²) in [6, 6.07) is 0.319. The first-order chi connectivity index (χ1) is 6.30. The summed E-state index contributed by atoms with van der Waals surface area (Å²) in [5.41, 5.74) is -2.45. The van der Waals surface area contributed by atoms with Crippen LogP contribution in [0.15, 0.2) is 10.9 Å². The predicted molar refractivity (Wildman–Crippen MR) is 34.8 cm³/mol. The van der Waals surface area contributed by atoms with Crippen molar-refractivity contribution in [2.45, 2.75) is 12.6 Å². The Morgan fingerprint density at radius 3 is 2.36 bits per heavy atom. The van der Waals surface area contributed by atoms with Gasteiger partial charge < -0.3 is 4.98 Å². The first-order valence-corrected chi connectivity index (χ1v) is 3.27. The molecule has 0 aliphatic rings. The lowest BCUT2D eigenvalue weighted by Crippen LogP contribution is -2.20. The van der Waals surface area contributed by atoms with Crippen molar-refractivity contribution in [2.24, 2.45) is 0 Å². The quantitative estimate of drug-likeness (QED) is 0.723. The lowest BCUT2D eigenvalue weighted by Gasteiger charge is -2.06. The molecule has 0 bridgehead atoms. The molecule has 1 N–H and O–H groups in total. The zero-order valence-corrected chi connectivity index (χ0v) is 6.40. The molecule has 1 aromatic rings. The summed E-state index contributed by atoms with van der Waals surface area (Å²) in [4.78, 5) is 14.4. The molecular weight excluding hydrogens is 211 g/mol. The summed E-state index contributed by atoms with van der Waals surface area (Å²) < 4.78 is 59.7. The molecule has 8 heteroatoms. The van der Waals surface area contributed by atoms with Gasteiger partial charge in [0.05, 0.1) is 0 Å². The number of rotatable bonds is 1. The maximum absolute atomic E-state index is 11.9. The summed E-state index contributed by atoms with van der Waals surface area (Å²) in [7, 11) is 0. The molecule has 0 spiro atoms. The van der Waals surface area contributed by atoms with Crippen LogP contribution in [0.1, 0.15) is 17.9 Å². The normalized spacial score (nSPS) is 12.1. The van der Waals surface area contributed by atoms with Crippen molar-refractivity contribution >= 4 is 0 Å². The molecule has 0 saturated carbocycles. The molecule has 0 atom stereocenters. The standard InChI is InChI=1S/C6H3F5N2O/c7-4(8)2-1-3(14)13-5(12-2)6(9,10)11/h1,4H,(H,12,13,14). The molecule has 0 aromatic carbocycles. The van der Waals surface area contributed by atoms with Crippen LogP contribution in [0.25, 0.3) is 0 Å². The highest BCUT2D eigenvalue weighted by atomic mass is 19.4. The Kier molecular flexibility index (Phi) is 2.54. The van der Waals surface area contributed by atoms with Crippen LogP contribution >= 0.6 is 0 Å². The van der Waals surface area contributed by atoms with Crippen molar-refractivity contribution < 1.29 is 22.0 Å². The predicted octanol–water partition coefficient (Wildman–Crippen LogP) is 1.73. The molecular formula is C6H3F5N2O. The van der Waals surface area contributed by atoms with E-state index in [0.717, 1.165) is 0 Å². The van der Waals surface area contributed by atoms with Gasteiger partial charge in [0, 0.05) is 6.07 Å². The molecule has 3 nitrogen and oxygen atoms in total. The third kappa shape index (κ3) is 2.27. The van der Waals surface area contributed by atoms with Gasteiger partial charge in [0.25, 0.3) is 12.0 Å². The lowest BCUT2D eigenvalue weighted by atomic mass is 10.4. The molecule has 0 aliphatic heterocycles. The molecule has 1 aromatic heterocycles. The molecule has 0 unspecified atom stereocenters. The highest BCUT2D eigenvalue weighted by molar-refractivity contribution is 5.05. The fourth-order valence-corrected chi connectivity index (χ4v) is 0.722. The summed E-state index contributed by atoms with van der Waals surface area (Å²) in [6.45, 7) is 0. The first kappa shape index (κ1) is 10.6. The number of aromatic nitrogens is 2. The SMILES string of the molecule is O=c1cc(C(F)F)nc(C(F)(F)F)[nH]1. The zero-order chi connectivity index (χ0) is 10.9. The number of hydrogen-bond donors (Lipinski definition) is 1. The van der Waals surface area contributed by atoms with E-state index in [2.05, 4.69) is 4.98 Å². The van der Waals surface area contributed by atoms with E-state index in [1.54, 1.807) is 0 Å². The van der Waals surface area contributed by atoms with Gasteiger partial charge >= 0.3 is 6.18 Å². The van der Waals surface area contributed by atoms with Gasteiger partial charge in [0.1, 0.15) is 5.69 Å². The molecule has 0 fully saturated rings. The van der Waals surface area contributed by atoms with Gasteiger partial charge in [0.2, 0.25) is 5.82 Å². The smallest absolute Gasteiger partial charge is 0.303 e. The minimum Gasteiger partial charge on any atom is -0.303 e. The average Bonchev–Trinajstić information content (AvgIpc) is 2.01. The highest BCUT2D eigenvalue weighted by Crippen LogP contribution is 2.26. The fourth-order valence-electron chi connectivity index (χ4n) is 0.722. The Morgan fingerprint density at radius 2 is 1.93 bits per heavy atom. The van der Waals surface area contributed by atoms with Crippen LogP contribution < -0.4 is 5.56 Å². The molecule has 1 rings (SSSR count). The van der Waals surface area contributed by atoms with E-state index >= 15 is 0 Å². The van der Waals surface area contributed by atoms with E-state index in [0.29, 0.717) is 6.07 Å². The van der Waals surface area contributed by atoms with Crippen LogP contribution in [-0.2, 0) is 6.18 Å². The lowest BCUT2D eigenvalue weighted by molar-refractivity contribution is -0.145. The van der Waals surface area contributed by atoms with Gasteiger partial charge in [-0.1, -0.05) is 0 Å². The number of H-pyrrole nitrogens is 1. The highest BCUT2D eigenvalue weighted by Gasteiger charge is 2.34. The van der Waals surface area contributed by atoms with Gasteiger partial charge in [-0.2, -0.15) is 13.2 Å². The van der Waals surface area contributed by atoms with Crippen molar-refractivity contribution in [3.05, 3.63) is 27.9 Å². The minimum atomic E-state index is -4.94. The van der Waals surface area contributed by atoms with Crippen LogP contribution in [0.5, 0.6) is 0 Å². The van der Waals surface area contributed by atoms with E-state index in [-0.39, 0.29) is 0 Å². The Labute approximate surface area is 73.6 Å². The average molecular weight is 214 g/mol. The summed E-state index contributed by atoms with van der Waals surface area (Å²) in [6.07, 6.45) is -8.15. The van der Waals surface area contributed by atoms with Gasteiger partial charge in [-0.3, -0.25) is 4.79 Å². The maximum Gasteiger partial charge on any atom is 0.449 e. The Morgan fingerprint density at radius 1 is 1.36 bits per heavy atom. The van der Waals surface area contributed by atoms with Crippen LogP contribution in [0.3, 0.4) is 0 Å². The van der Waals surface area contributed by atoms with E-state index in [9.17, 15) is 26.7 Å². The molecule has 0 saturated heterocycles. The van der Waals surface area contributed by atoms with Crippen LogP contribution in [0, 0.1) is 0 Å². The van der Waals surface area contributed by atoms with Crippen molar-refractivity contribution in [1.29, 1.82) is 0 Å². The Hall–Kier alpha value is -1.47. The van der Waals surface area contributed by atoms with Crippen molar-refractivity contribution in [1.82, 2.24) is 9.97 Å². The van der Waals surface area contributed by atoms with Crippen LogP contribution in [0.2, 0.25) is 0 Å². The van der Waals surface area contributed by atoms with E-state index in [4.69, 9.17) is 0 Å². The number of nitrogens with zero attached hydrogens (tertiary/aromatic N) is 1. The minimum absolute atomic E-state index is 0.319. The van der Waals surface area contributed by atoms with Gasteiger partial charge in [-0.15, -0.1) is 0 Å². The van der Waals surface area contributed by atoms with Crippen molar-refractivity contribution in [3.63, 3.8) is 0 Å². The largest absolute Gasteiger partial charge is 0.449 e. The van der Waals surface area contributed by atoms with Gasteiger partial charge in [-0.05, 0) is 0 Å². The van der Waals surface area contributed by atoms with Crippen LogP contribution in [-0.4, -0.2) is 9.97 Å². The molecule has 0 radical (unpaired) electrons. The molecule has 0 aliphatic carbocycles. The van der Waals surface area contributed by atoms with Crippen LogP contribution in [0.4, 0.5) is 22.0 Å². The van der Waals surface area contributed by atoms with Crippen molar-refractivity contribution in [2.75, 3.05) is 0 Å². The third-order valence-electron chi connectivity index (χ3n) is 1.25. The van der Waals surface area contributed by atoms with E-state index in [1.807, 2.05) is 0 Å². The zero-order valence-electron chi connectivity index (χ0n) is 6.40. The second-order valence-electron chi connectivity index (χ2n) is 2.32. The number of aromatic amines is 1. The number of nitrogens with one attached hydrogen (secondary N) is 1. The molecule has 1 heterocycles. The molecule has 78 valence electrons. The number of halogens is 5. The van der Waals surface area contributed by atoms with Gasteiger partial charge in [0.15, 0.2) is 0 Å². The molecule has 0 amide bonds. The topological polar surface area (TPSA) is 45.8 Å². The van der Waals surface area contributed by atoms with Gasteiger partial charge in [-0.25, -0.2) is 13.8 Å². The first-order valence-electron chi connectivity index (χ1n) is 3.27. The van der Waals surface area contributed by atoms with E-state index < -0.39 is 29.7 Å². The Balaban J connectivity index is 3.28. The fraction of sp³-hybridized carbons (Fsp3) is 0.333. The van der Waals surface area contributed by atoms with Crippen molar-refractivity contribution in [3.8, 4) is 0 Å². The number of alkyl halides is 5. The maximum atomic E-state index is 11.9. The number of hydrogen-bond acceptors (Lipinski definition) is 2. The summed E-state index contributed by atoms with van der Waals surface area (Å²) in [5.74, 6) is -1.72. The Bertz CT molecular complexity index is 383. The summed E-state index contributed by atoms with van der Waals surface area (Å²) in [5, 5.41) is 0. The molecule has 14 heavy (non-hydrogen) atoms.